The molecule has 1 aromatic carbocycles. The van der Waals surface area contributed by atoms with Crippen molar-refractivity contribution in [3.05, 3.63) is 28.8 Å². The highest BCUT2D eigenvalue weighted by Crippen LogP contribution is 2.53. The molecule has 1 aliphatic heterocycles. The quantitative estimate of drug-likeness (QED) is 0.766. The van der Waals surface area contributed by atoms with Gasteiger partial charge in [0, 0.05) is 17.0 Å². The summed E-state index contributed by atoms with van der Waals surface area (Å²) >= 11 is 5.97. The first-order chi connectivity index (χ1) is 8.39. The lowest BCUT2D eigenvalue weighted by atomic mass is 9.83. The average Bonchev–Trinajstić information content (AvgIpc) is 2.56. The van der Waals surface area contributed by atoms with Crippen molar-refractivity contribution in [1.82, 2.24) is 0 Å². The van der Waals surface area contributed by atoms with E-state index in [1.807, 2.05) is 18.2 Å². The Balaban J connectivity index is 1.95. The van der Waals surface area contributed by atoms with Gasteiger partial charge in [-0.2, -0.15) is 0 Å². The highest BCUT2D eigenvalue weighted by atomic mass is 35.5. The van der Waals surface area contributed by atoms with Crippen molar-refractivity contribution in [1.29, 1.82) is 0 Å². The van der Waals surface area contributed by atoms with Crippen molar-refractivity contribution in [3.63, 3.8) is 0 Å². The molecule has 98 valence electrons. The van der Waals surface area contributed by atoms with Gasteiger partial charge in [0.1, 0.15) is 11.4 Å². The highest BCUT2D eigenvalue weighted by molar-refractivity contribution is 6.30. The second-order valence-corrected chi connectivity index (χ2v) is 6.96. The molecule has 0 amide bonds. The van der Waals surface area contributed by atoms with Crippen LogP contribution in [0.1, 0.15) is 51.2 Å². The number of halogens is 1. The molecule has 0 radical (unpaired) electrons. The minimum Gasteiger partial charge on any atom is -0.487 e. The van der Waals surface area contributed by atoms with E-state index in [9.17, 15) is 5.11 Å². The minimum atomic E-state index is -0.457. The minimum absolute atomic E-state index is 0.177. The molecule has 2 nitrogen and oxygen atoms in total. The van der Waals surface area contributed by atoms with Crippen molar-refractivity contribution in [2.24, 2.45) is 5.41 Å². The molecule has 0 aromatic heterocycles. The zero-order valence-corrected chi connectivity index (χ0v) is 11.6. The van der Waals surface area contributed by atoms with Crippen molar-refractivity contribution < 1.29 is 9.84 Å². The fourth-order valence-electron chi connectivity index (χ4n) is 3.49. The van der Waals surface area contributed by atoms with Crippen LogP contribution in [-0.2, 0) is 0 Å². The summed E-state index contributed by atoms with van der Waals surface area (Å²) in [6.45, 7) is 4.55. The predicted molar refractivity (Wildman–Crippen MR) is 72.0 cm³/mol. The van der Waals surface area contributed by atoms with Crippen LogP contribution < -0.4 is 4.74 Å². The average molecular weight is 267 g/mol. The van der Waals surface area contributed by atoms with E-state index < -0.39 is 6.10 Å². The van der Waals surface area contributed by atoms with Crippen LogP contribution in [0.25, 0.3) is 0 Å². The van der Waals surface area contributed by atoms with Crippen LogP contribution in [0.5, 0.6) is 5.75 Å². The van der Waals surface area contributed by atoms with Gasteiger partial charge in [0.2, 0.25) is 0 Å². The zero-order chi connectivity index (χ0) is 13.0. The highest BCUT2D eigenvalue weighted by Gasteiger charge is 2.48. The molecule has 2 aliphatic rings. The molecule has 1 heterocycles. The molecule has 3 rings (SSSR count). The third-order valence-electron chi connectivity index (χ3n) is 4.28. The lowest BCUT2D eigenvalue weighted by Crippen LogP contribution is -2.39. The molecule has 3 heteroatoms. The Kier molecular flexibility index (Phi) is 2.65. The molecule has 1 fully saturated rings. The maximum Gasteiger partial charge on any atom is 0.126 e. The fraction of sp³-hybridized carbons (Fsp3) is 0.600. The lowest BCUT2D eigenvalue weighted by molar-refractivity contribution is -0.0155. The Hall–Kier alpha value is -0.730. The number of hydrogen-bond acceptors (Lipinski definition) is 2. The standard InChI is InChI=1S/C15H19ClO2/c1-14(2)5-6-15(9-14)8-12(17)11-7-10(16)3-4-13(11)18-15/h3-4,7,12,17H,5-6,8-9H2,1-2H3/t12-,15?/m1/s1. The molecule has 1 N–H and O–H groups in total. The first-order valence-electron chi connectivity index (χ1n) is 6.56. The number of ether oxygens (including phenoxy) is 1. The smallest absolute Gasteiger partial charge is 0.126 e. The Morgan fingerprint density at radius 1 is 1.33 bits per heavy atom. The molecule has 1 aromatic rings. The van der Waals surface area contributed by atoms with Gasteiger partial charge in [0.15, 0.2) is 0 Å². The summed E-state index contributed by atoms with van der Waals surface area (Å²) in [4.78, 5) is 0. The fourth-order valence-corrected chi connectivity index (χ4v) is 3.67. The van der Waals surface area contributed by atoms with E-state index >= 15 is 0 Å². The first-order valence-corrected chi connectivity index (χ1v) is 6.94. The summed E-state index contributed by atoms with van der Waals surface area (Å²) in [5, 5.41) is 11.0. The Morgan fingerprint density at radius 3 is 2.78 bits per heavy atom. The largest absolute Gasteiger partial charge is 0.487 e. The monoisotopic (exact) mass is 266 g/mol. The number of rotatable bonds is 0. The maximum absolute atomic E-state index is 10.3. The van der Waals surface area contributed by atoms with E-state index in [0.717, 1.165) is 30.6 Å². The molecule has 2 atom stereocenters. The van der Waals surface area contributed by atoms with Crippen molar-refractivity contribution in [2.75, 3.05) is 0 Å². The van der Waals surface area contributed by atoms with Gasteiger partial charge in [-0.05, 0) is 42.9 Å². The predicted octanol–water partition coefficient (Wildman–Crippen LogP) is 4.10. The van der Waals surface area contributed by atoms with Crippen molar-refractivity contribution in [3.8, 4) is 5.75 Å². The summed E-state index contributed by atoms with van der Waals surface area (Å²) in [6, 6.07) is 5.52. The van der Waals surface area contributed by atoms with Crippen LogP contribution in [-0.4, -0.2) is 10.7 Å². The molecule has 1 unspecified atom stereocenters. The first kappa shape index (κ1) is 12.3. The Labute approximate surface area is 113 Å². The van der Waals surface area contributed by atoms with Crippen LogP contribution in [0.3, 0.4) is 0 Å². The van der Waals surface area contributed by atoms with Crippen molar-refractivity contribution >= 4 is 11.6 Å². The third-order valence-corrected chi connectivity index (χ3v) is 4.52. The number of aliphatic hydroxyl groups excluding tert-OH is 1. The molecule has 0 bridgehead atoms. The van der Waals surface area contributed by atoms with Crippen LogP contribution in [0.2, 0.25) is 5.02 Å². The molecule has 1 saturated carbocycles. The SMILES string of the molecule is CC1(C)CCC2(C[C@@H](O)c3cc(Cl)ccc3O2)C1. The molecule has 0 saturated heterocycles. The number of aliphatic hydroxyl groups is 1. The zero-order valence-electron chi connectivity index (χ0n) is 10.9. The van der Waals surface area contributed by atoms with Gasteiger partial charge < -0.3 is 9.84 Å². The van der Waals surface area contributed by atoms with E-state index in [2.05, 4.69) is 13.8 Å². The van der Waals surface area contributed by atoms with E-state index in [4.69, 9.17) is 16.3 Å². The van der Waals surface area contributed by atoms with Gasteiger partial charge >= 0.3 is 0 Å². The second kappa shape index (κ2) is 3.88. The van der Waals surface area contributed by atoms with E-state index in [1.54, 1.807) is 0 Å². The summed E-state index contributed by atoms with van der Waals surface area (Å²) in [7, 11) is 0. The molecular weight excluding hydrogens is 248 g/mol. The van der Waals surface area contributed by atoms with Gasteiger partial charge in [0.05, 0.1) is 6.10 Å². The Bertz CT molecular complexity index is 483. The second-order valence-electron chi connectivity index (χ2n) is 6.53. The summed E-state index contributed by atoms with van der Waals surface area (Å²) in [6.07, 6.45) is 3.42. The van der Waals surface area contributed by atoms with Gasteiger partial charge in [0.25, 0.3) is 0 Å². The number of hydrogen-bond donors (Lipinski definition) is 1. The van der Waals surface area contributed by atoms with E-state index in [1.165, 1.54) is 0 Å². The van der Waals surface area contributed by atoms with Crippen LogP contribution >= 0.6 is 11.6 Å². The lowest BCUT2D eigenvalue weighted by Gasteiger charge is -2.39. The summed E-state index contributed by atoms with van der Waals surface area (Å²) in [5.74, 6) is 0.802. The van der Waals surface area contributed by atoms with Gasteiger partial charge in [-0.1, -0.05) is 25.4 Å². The van der Waals surface area contributed by atoms with Gasteiger partial charge in [-0.25, -0.2) is 0 Å². The van der Waals surface area contributed by atoms with Gasteiger partial charge in [-0.15, -0.1) is 0 Å². The van der Waals surface area contributed by atoms with E-state index in [0.29, 0.717) is 16.9 Å². The normalized spacial score (nSPS) is 33.2. The van der Waals surface area contributed by atoms with Gasteiger partial charge in [-0.3, -0.25) is 0 Å². The molecular formula is C15H19ClO2. The Morgan fingerprint density at radius 2 is 2.11 bits per heavy atom. The summed E-state index contributed by atoms with van der Waals surface area (Å²) in [5.41, 5.74) is 0.964. The van der Waals surface area contributed by atoms with Crippen molar-refractivity contribution in [2.45, 2.75) is 51.2 Å². The van der Waals surface area contributed by atoms with E-state index in [-0.39, 0.29) is 5.60 Å². The molecule has 1 spiro atoms. The van der Waals surface area contributed by atoms with Crippen LogP contribution in [0.15, 0.2) is 18.2 Å². The maximum atomic E-state index is 10.3. The third kappa shape index (κ3) is 2.02. The summed E-state index contributed by atoms with van der Waals surface area (Å²) < 4.78 is 6.22. The number of fused-ring (bicyclic) bond motifs is 1. The number of benzene rings is 1. The molecule has 18 heavy (non-hydrogen) atoms. The van der Waals surface area contributed by atoms with Crippen LogP contribution in [0.4, 0.5) is 0 Å². The topological polar surface area (TPSA) is 29.5 Å². The van der Waals surface area contributed by atoms with Crippen LogP contribution in [0, 0.1) is 5.41 Å². The molecule has 1 aliphatic carbocycles.